The van der Waals surface area contributed by atoms with E-state index in [4.69, 9.17) is 0 Å². The molecule has 0 amide bonds. The molecule has 1 aromatic rings. The normalized spacial score (nSPS) is 13.6. The van der Waals surface area contributed by atoms with Crippen LogP contribution in [0.15, 0.2) is 17.3 Å². The van der Waals surface area contributed by atoms with Crippen LogP contribution in [0.4, 0.5) is 0 Å². The second kappa shape index (κ2) is 8.66. The summed E-state index contributed by atoms with van der Waals surface area (Å²) in [7, 11) is -3.45. The lowest BCUT2D eigenvalue weighted by Gasteiger charge is -2.09. The third-order valence-corrected chi connectivity index (χ3v) is 5.18. The average Bonchev–Trinajstić information content (AvgIpc) is 2.90. The predicted molar refractivity (Wildman–Crippen MR) is 83.6 cm³/mol. The first-order chi connectivity index (χ1) is 9.49. The maximum Gasteiger partial charge on any atom is 0.243 e. The third-order valence-electron chi connectivity index (χ3n) is 2.83. The molecular formula is C12H24N4O2S2. The molecule has 1 aromatic heterocycles. The van der Waals surface area contributed by atoms with Crippen molar-refractivity contribution >= 4 is 21.8 Å². The number of sulfonamides is 1. The molecule has 0 saturated heterocycles. The highest BCUT2D eigenvalue weighted by atomic mass is 32.2. The molecule has 2 N–H and O–H groups in total. The molecule has 0 bridgehead atoms. The quantitative estimate of drug-likeness (QED) is 0.627. The Hall–Kier alpha value is -0.570. The number of rotatable bonds is 10. The lowest BCUT2D eigenvalue weighted by molar-refractivity contribution is 0.552. The summed E-state index contributed by atoms with van der Waals surface area (Å²) < 4.78 is 28.4. The number of hydrogen-bond acceptors (Lipinski definition) is 5. The van der Waals surface area contributed by atoms with Gasteiger partial charge in [0.15, 0.2) is 0 Å². The molecule has 20 heavy (non-hydrogen) atoms. The number of hydrogen-bond donors (Lipinski definition) is 2. The van der Waals surface area contributed by atoms with Gasteiger partial charge >= 0.3 is 0 Å². The van der Waals surface area contributed by atoms with Crippen LogP contribution in [0.5, 0.6) is 0 Å². The summed E-state index contributed by atoms with van der Waals surface area (Å²) >= 11 is 1.63. The average molecular weight is 320 g/mol. The van der Waals surface area contributed by atoms with Gasteiger partial charge in [-0.2, -0.15) is 16.9 Å². The van der Waals surface area contributed by atoms with Gasteiger partial charge in [0, 0.05) is 24.5 Å². The molecule has 0 aliphatic heterocycles. The van der Waals surface area contributed by atoms with Crippen molar-refractivity contribution in [1.29, 1.82) is 0 Å². The fourth-order valence-corrected chi connectivity index (χ4v) is 2.93. The van der Waals surface area contributed by atoms with Crippen LogP contribution in [0.1, 0.15) is 20.3 Å². The largest absolute Gasteiger partial charge is 0.315 e. The van der Waals surface area contributed by atoms with Gasteiger partial charge in [-0.3, -0.25) is 4.68 Å². The van der Waals surface area contributed by atoms with Crippen molar-refractivity contribution in [3.63, 3.8) is 0 Å². The van der Waals surface area contributed by atoms with Crippen molar-refractivity contribution in [2.24, 2.45) is 0 Å². The SMILES string of the molecule is CCCNCCn1cc(S(=O)(=O)NCC(C)SC)cn1. The predicted octanol–water partition coefficient (Wildman–Crippen LogP) is 0.913. The summed E-state index contributed by atoms with van der Waals surface area (Å²) in [5.74, 6) is 0. The summed E-state index contributed by atoms with van der Waals surface area (Å²) in [5.41, 5.74) is 0. The van der Waals surface area contributed by atoms with Gasteiger partial charge in [0.25, 0.3) is 0 Å². The zero-order valence-electron chi connectivity index (χ0n) is 12.3. The molecule has 0 fully saturated rings. The number of nitrogens with zero attached hydrogens (tertiary/aromatic N) is 2. The van der Waals surface area contributed by atoms with Gasteiger partial charge in [-0.15, -0.1) is 0 Å². The zero-order valence-corrected chi connectivity index (χ0v) is 13.9. The Morgan fingerprint density at radius 3 is 2.85 bits per heavy atom. The smallest absolute Gasteiger partial charge is 0.243 e. The van der Waals surface area contributed by atoms with E-state index in [0.717, 1.165) is 19.5 Å². The Kier molecular flexibility index (Phi) is 7.57. The Morgan fingerprint density at radius 1 is 1.45 bits per heavy atom. The van der Waals surface area contributed by atoms with E-state index >= 15 is 0 Å². The first kappa shape index (κ1) is 17.5. The van der Waals surface area contributed by atoms with E-state index in [9.17, 15) is 8.42 Å². The van der Waals surface area contributed by atoms with E-state index < -0.39 is 10.0 Å². The first-order valence-corrected chi connectivity index (χ1v) is 9.52. The maximum absolute atomic E-state index is 12.1. The molecule has 8 heteroatoms. The molecule has 116 valence electrons. The van der Waals surface area contributed by atoms with Gasteiger partial charge in [0.2, 0.25) is 10.0 Å². The Bertz CT molecular complexity index is 487. The Labute approximate surface area is 125 Å². The first-order valence-electron chi connectivity index (χ1n) is 6.75. The molecule has 0 radical (unpaired) electrons. The highest BCUT2D eigenvalue weighted by Crippen LogP contribution is 2.09. The fraction of sp³-hybridized carbons (Fsp3) is 0.750. The zero-order chi connectivity index (χ0) is 15.0. The lowest BCUT2D eigenvalue weighted by atomic mass is 10.5. The second-order valence-corrected chi connectivity index (χ2v) is 7.63. The molecule has 0 saturated carbocycles. The molecule has 0 aromatic carbocycles. The molecule has 1 atom stereocenters. The van der Waals surface area contributed by atoms with Crippen LogP contribution in [-0.2, 0) is 16.6 Å². The van der Waals surface area contributed by atoms with Crippen LogP contribution in [0.3, 0.4) is 0 Å². The van der Waals surface area contributed by atoms with Crippen LogP contribution in [0.2, 0.25) is 0 Å². The summed E-state index contributed by atoms with van der Waals surface area (Å²) in [4.78, 5) is 0.223. The number of aromatic nitrogens is 2. The third kappa shape index (κ3) is 5.82. The van der Waals surface area contributed by atoms with Gasteiger partial charge in [0.05, 0.1) is 12.7 Å². The second-order valence-electron chi connectivity index (χ2n) is 4.59. The van der Waals surface area contributed by atoms with Gasteiger partial charge in [-0.25, -0.2) is 13.1 Å². The van der Waals surface area contributed by atoms with Crippen LogP contribution >= 0.6 is 11.8 Å². The van der Waals surface area contributed by atoms with E-state index in [2.05, 4.69) is 22.1 Å². The molecule has 0 aliphatic carbocycles. The van der Waals surface area contributed by atoms with Crippen molar-refractivity contribution in [2.75, 3.05) is 25.9 Å². The summed E-state index contributed by atoms with van der Waals surface area (Å²) in [6, 6.07) is 0. The fourth-order valence-electron chi connectivity index (χ4n) is 1.49. The van der Waals surface area contributed by atoms with Crippen molar-refractivity contribution in [3.8, 4) is 0 Å². The number of thioether (sulfide) groups is 1. The van der Waals surface area contributed by atoms with Crippen LogP contribution in [0, 0.1) is 0 Å². The van der Waals surface area contributed by atoms with Crippen molar-refractivity contribution in [2.45, 2.75) is 37.0 Å². The number of nitrogens with one attached hydrogen (secondary N) is 2. The minimum Gasteiger partial charge on any atom is -0.315 e. The van der Waals surface area contributed by atoms with Crippen molar-refractivity contribution in [1.82, 2.24) is 19.8 Å². The summed E-state index contributed by atoms with van der Waals surface area (Å²) in [5, 5.41) is 7.58. The van der Waals surface area contributed by atoms with Gasteiger partial charge in [-0.1, -0.05) is 13.8 Å². The highest BCUT2D eigenvalue weighted by molar-refractivity contribution is 7.99. The van der Waals surface area contributed by atoms with Crippen molar-refractivity contribution in [3.05, 3.63) is 12.4 Å². The van der Waals surface area contributed by atoms with E-state index in [1.165, 1.54) is 6.20 Å². The molecular weight excluding hydrogens is 296 g/mol. The minimum absolute atomic E-state index is 0.223. The van der Waals surface area contributed by atoms with Crippen molar-refractivity contribution < 1.29 is 8.42 Å². The van der Waals surface area contributed by atoms with E-state index in [0.29, 0.717) is 13.1 Å². The van der Waals surface area contributed by atoms with E-state index in [1.54, 1.807) is 22.6 Å². The minimum atomic E-state index is -3.45. The molecule has 0 aliphatic rings. The highest BCUT2D eigenvalue weighted by Gasteiger charge is 2.17. The molecule has 1 heterocycles. The maximum atomic E-state index is 12.1. The monoisotopic (exact) mass is 320 g/mol. The summed E-state index contributed by atoms with van der Waals surface area (Å²) in [6.07, 6.45) is 6.00. The van der Waals surface area contributed by atoms with E-state index in [1.807, 2.05) is 13.2 Å². The Balaban J connectivity index is 2.52. The molecule has 0 spiro atoms. The molecule has 6 nitrogen and oxygen atoms in total. The van der Waals surface area contributed by atoms with Gasteiger partial charge in [0.1, 0.15) is 4.90 Å². The van der Waals surface area contributed by atoms with Gasteiger partial charge in [-0.05, 0) is 19.2 Å². The lowest BCUT2D eigenvalue weighted by Crippen LogP contribution is -2.29. The van der Waals surface area contributed by atoms with Crippen LogP contribution in [-0.4, -0.2) is 49.3 Å². The van der Waals surface area contributed by atoms with E-state index in [-0.39, 0.29) is 10.1 Å². The summed E-state index contributed by atoms with van der Waals surface area (Å²) in [6.45, 7) is 6.92. The van der Waals surface area contributed by atoms with Crippen LogP contribution in [0.25, 0.3) is 0 Å². The van der Waals surface area contributed by atoms with Crippen LogP contribution < -0.4 is 10.0 Å². The topological polar surface area (TPSA) is 76.0 Å². The standard InChI is InChI=1S/C12H24N4O2S2/c1-4-5-13-6-7-16-10-12(9-14-16)20(17,18)15-8-11(2)19-3/h9-11,13,15H,4-8H2,1-3H3. The Morgan fingerprint density at radius 2 is 2.20 bits per heavy atom. The van der Waals surface area contributed by atoms with Gasteiger partial charge < -0.3 is 5.32 Å². The molecule has 1 unspecified atom stereocenters. The molecule has 1 rings (SSSR count).